The predicted octanol–water partition coefficient (Wildman–Crippen LogP) is 1.87. The summed E-state index contributed by atoms with van der Waals surface area (Å²) in [6.07, 6.45) is 2.89. The Kier molecular flexibility index (Phi) is 2.38. The monoisotopic (exact) mass is 158 g/mol. The van der Waals surface area contributed by atoms with Crippen LogP contribution in [-0.2, 0) is 4.79 Å². The lowest BCUT2D eigenvalue weighted by molar-refractivity contribution is -0.107. The third kappa shape index (κ3) is 1.77. The maximum Gasteiger partial charge on any atom is 0.215 e. The Morgan fingerprint density at radius 3 is 3.10 bits per heavy atom. The first-order valence-corrected chi connectivity index (χ1v) is 4.20. The minimum atomic E-state index is -0.0180. The Hall–Kier alpha value is -0.440. The minimum Gasteiger partial charge on any atom is -0.512 e. The first-order valence-electron chi connectivity index (χ1n) is 3.32. The molecule has 56 valence electrons. The number of carbonyl (C=O) groups excluding carboxylic acids is 1. The fourth-order valence-electron chi connectivity index (χ4n) is 0.896. The van der Waals surface area contributed by atoms with Crippen LogP contribution in [-0.4, -0.2) is 15.5 Å². The van der Waals surface area contributed by atoms with Crippen molar-refractivity contribution < 1.29 is 9.90 Å². The topological polar surface area (TPSA) is 37.3 Å². The Bertz CT molecular complexity index is 174. The summed E-state index contributed by atoms with van der Waals surface area (Å²) < 4.78 is 0. The molecule has 1 N–H and O–H groups in total. The first kappa shape index (κ1) is 7.66. The molecule has 0 radical (unpaired) electrons. The van der Waals surface area contributed by atoms with Gasteiger partial charge in [-0.05, 0) is 6.42 Å². The molecule has 10 heavy (non-hydrogen) atoms. The zero-order valence-corrected chi connectivity index (χ0v) is 6.65. The van der Waals surface area contributed by atoms with Crippen LogP contribution in [0.4, 0.5) is 0 Å². The van der Waals surface area contributed by atoms with E-state index < -0.39 is 0 Å². The van der Waals surface area contributed by atoms with E-state index in [0.29, 0.717) is 6.42 Å². The van der Waals surface area contributed by atoms with Crippen LogP contribution >= 0.6 is 11.8 Å². The van der Waals surface area contributed by atoms with Gasteiger partial charge in [0.15, 0.2) is 0 Å². The third-order valence-corrected chi connectivity index (χ3v) is 2.64. The van der Waals surface area contributed by atoms with Gasteiger partial charge in [0.25, 0.3) is 0 Å². The van der Waals surface area contributed by atoms with E-state index in [1.54, 1.807) is 0 Å². The molecular weight excluding hydrogens is 148 g/mol. The summed E-state index contributed by atoms with van der Waals surface area (Å²) in [4.78, 5) is 10.8. The van der Waals surface area contributed by atoms with E-state index in [1.807, 2.05) is 6.92 Å². The molecule has 0 aromatic carbocycles. The molecule has 2 nitrogen and oxygen atoms in total. The van der Waals surface area contributed by atoms with Crippen molar-refractivity contribution >= 4 is 16.9 Å². The largest absolute Gasteiger partial charge is 0.512 e. The first-order chi connectivity index (χ1) is 4.72. The van der Waals surface area contributed by atoms with Gasteiger partial charge in [0.1, 0.15) is 0 Å². The number of allylic oxidation sites excluding steroid dienone is 1. The summed E-state index contributed by atoms with van der Waals surface area (Å²) >= 11 is 1.31. The molecular formula is C7H10O2S. The number of thioether (sulfide) groups is 1. The Morgan fingerprint density at radius 2 is 2.60 bits per heavy atom. The molecule has 3 heteroatoms. The number of aliphatic hydroxyl groups excluding tert-OH is 1. The SMILES string of the molecule is CCC1CC(O)=CC(=O)S1. The molecule has 1 rings (SSSR count). The molecule has 1 aliphatic heterocycles. The van der Waals surface area contributed by atoms with E-state index in [2.05, 4.69) is 0 Å². The van der Waals surface area contributed by atoms with Crippen LogP contribution in [0, 0.1) is 0 Å². The highest BCUT2D eigenvalue weighted by molar-refractivity contribution is 8.14. The summed E-state index contributed by atoms with van der Waals surface area (Å²) in [5, 5.41) is 9.28. The van der Waals surface area contributed by atoms with Gasteiger partial charge in [-0.1, -0.05) is 18.7 Å². The normalized spacial score (nSPS) is 26.3. The average molecular weight is 158 g/mol. The van der Waals surface area contributed by atoms with Crippen molar-refractivity contribution in [1.82, 2.24) is 0 Å². The van der Waals surface area contributed by atoms with Crippen LogP contribution in [0.25, 0.3) is 0 Å². The molecule has 0 fully saturated rings. The highest BCUT2D eigenvalue weighted by atomic mass is 32.2. The van der Waals surface area contributed by atoms with Gasteiger partial charge in [0.2, 0.25) is 5.12 Å². The van der Waals surface area contributed by atoms with Crippen molar-refractivity contribution in [1.29, 1.82) is 0 Å². The second-order valence-electron chi connectivity index (χ2n) is 2.31. The van der Waals surface area contributed by atoms with Gasteiger partial charge in [-0.25, -0.2) is 0 Å². The van der Waals surface area contributed by atoms with E-state index in [4.69, 9.17) is 5.11 Å². The molecule has 0 saturated heterocycles. The number of hydrogen-bond acceptors (Lipinski definition) is 3. The molecule has 1 aliphatic rings. The third-order valence-electron chi connectivity index (χ3n) is 1.46. The van der Waals surface area contributed by atoms with Gasteiger partial charge in [-0.2, -0.15) is 0 Å². The van der Waals surface area contributed by atoms with Crippen molar-refractivity contribution in [2.75, 3.05) is 0 Å². The van der Waals surface area contributed by atoms with Crippen LogP contribution in [0.2, 0.25) is 0 Å². The molecule has 0 aromatic rings. The fourth-order valence-corrected chi connectivity index (χ4v) is 1.85. The van der Waals surface area contributed by atoms with Gasteiger partial charge in [-0.15, -0.1) is 0 Å². The summed E-state index contributed by atoms with van der Waals surface area (Å²) in [5.74, 6) is 0.232. The molecule has 0 aliphatic carbocycles. The van der Waals surface area contributed by atoms with Gasteiger partial charge >= 0.3 is 0 Å². The molecule has 1 unspecified atom stereocenters. The maximum atomic E-state index is 10.8. The predicted molar refractivity (Wildman–Crippen MR) is 42.0 cm³/mol. The molecule has 0 spiro atoms. The smallest absolute Gasteiger partial charge is 0.215 e. The van der Waals surface area contributed by atoms with E-state index in [9.17, 15) is 4.79 Å². The summed E-state index contributed by atoms with van der Waals surface area (Å²) in [6.45, 7) is 2.02. The lowest BCUT2D eigenvalue weighted by Crippen LogP contribution is -2.11. The fraction of sp³-hybridized carbons (Fsp3) is 0.571. The van der Waals surface area contributed by atoms with E-state index in [-0.39, 0.29) is 16.1 Å². The molecule has 0 aromatic heterocycles. The van der Waals surface area contributed by atoms with Crippen LogP contribution in [0.5, 0.6) is 0 Å². The highest BCUT2D eigenvalue weighted by Gasteiger charge is 2.18. The highest BCUT2D eigenvalue weighted by Crippen LogP contribution is 2.26. The van der Waals surface area contributed by atoms with E-state index in [0.717, 1.165) is 6.42 Å². The maximum absolute atomic E-state index is 10.8. The Balaban J connectivity index is 2.60. The Labute approximate surface area is 64.3 Å². The van der Waals surface area contributed by atoms with Crippen molar-refractivity contribution in [3.63, 3.8) is 0 Å². The van der Waals surface area contributed by atoms with Gasteiger partial charge in [0, 0.05) is 17.7 Å². The van der Waals surface area contributed by atoms with Gasteiger partial charge in [-0.3, -0.25) is 4.79 Å². The quantitative estimate of drug-likeness (QED) is 0.633. The lowest BCUT2D eigenvalue weighted by Gasteiger charge is -2.15. The number of hydrogen-bond donors (Lipinski definition) is 1. The molecule has 1 atom stereocenters. The average Bonchev–Trinajstić information content (AvgIpc) is 1.85. The number of rotatable bonds is 1. The summed E-state index contributed by atoms with van der Waals surface area (Å²) in [6, 6.07) is 0. The molecule has 0 bridgehead atoms. The van der Waals surface area contributed by atoms with Crippen LogP contribution in [0.1, 0.15) is 19.8 Å². The van der Waals surface area contributed by atoms with Crippen molar-refractivity contribution in [2.24, 2.45) is 0 Å². The Morgan fingerprint density at radius 1 is 1.90 bits per heavy atom. The van der Waals surface area contributed by atoms with Gasteiger partial charge in [0.05, 0.1) is 5.76 Å². The molecule has 0 saturated carbocycles. The van der Waals surface area contributed by atoms with E-state index >= 15 is 0 Å². The number of carbonyl (C=O) groups is 1. The minimum absolute atomic E-state index is 0.0180. The van der Waals surface area contributed by atoms with Crippen LogP contribution in [0.15, 0.2) is 11.8 Å². The molecule has 0 amide bonds. The number of aliphatic hydroxyl groups is 1. The summed E-state index contributed by atoms with van der Waals surface area (Å²) in [7, 11) is 0. The lowest BCUT2D eigenvalue weighted by atomic mass is 10.2. The second kappa shape index (κ2) is 3.10. The zero-order chi connectivity index (χ0) is 7.56. The standard InChI is InChI=1S/C7H10O2S/c1-2-6-3-5(8)4-7(9)10-6/h4,6,8H,2-3H2,1H3. The van der Waals surface area contributed by atoms with Gasteiger partial charge < -0.3 is 5.11 Å². The van der Waals surface area contributed by atoms with Crippen LogP contribution < -0.4 is 0 Å². The zero-order valence-electron chi connectivity index (χ0n) is 5.83. The van der Waals surface area contributed by atoms with Crippen molar-refractivity contribution in [2.45, 2.75) is 25.0 Å². The van der Waals surface area contributed by atoms with Crippen molar-refractivity contribution in [3.8, 4) is 0 Å². The molecule has 1 heterocycles. The second-order valence-corrected chi connectivity index (χ2v) is 3.61. The summed E-state index contributed by atoms with van der Waals surface area (Å²) in [5.41, 5.74) is 0. The van der Waals surface area contributed by atoms with Crippen LogP contribution in [0.3, 0.4) is 0 Å². The van der Waals surface area contributed by atoms with E-state index in [1.165, 1.54) is 17.8 Å². The van der Waals surface area contributed by atoms with Crippen molar-refractivity contribution in [3.05, 3.63) is 11.8 Å².